The van der Waals surface area contributed by atoms with Gasteiger partial charge in [-0.1, -0.05) is 18.2 Å². The van der Waals surface area contributed by atoms with Crippen molar-refractivity contribution >= 4 is 11.8 Å². The number of thioether (sulfide) groups is 1. The second-order valence-corrected chi connectivity index (χ2v) is 7.99. The van der Waals surface area contributed by atoms with Crippen LogP contribution in [0, 0.1) is 0 Å². The van der Waals surface area contributed by atoms with Gasteiger partial charge in [-0.2, -0.15) is 0 Å². The van der Waals surface area contributed by atoms with Gasteiger partial charge in [-0.05, 0) is 50.9 Å². The first-order chi connectivity index (χ1) is 9.79. The van der Waals surface area contributed by atoms with E-state index in [1.54, 1.807) is 5.56 Å². The van der Waals surface area contributed by atoms with Gasteiger partial charge < -0.3 is 4.90 Å². The molecule has 4 rings (SSSR count). The van der Waals surface area contributed by atoms with Crippen molar-refractivity contribution in [2.75, 3.05) is 26.7 Å². The van der Waals surface area contributed by atoms with E-state index in [4.69, 9.17) is 0 Å². The summed E-state index contributed by atoms with van der Waals surface area (Å²) in [6, 6.07) is 10.6. The van der Waals surface area contributed by atoms with Crippen LogP contribution >= 0.6 is 11.8 Å². The normalized spacial score (nSPS) is 34.1. The molecule has 3 aliphatic rings. The zero-order chi connectivity index (χ0) is 13.5. The van der Waals surface area contributed by atoms with E-state index in [-0.39, 0.29) is 0 Å². The molecule has 0 saturated carbocycles. The van der Waals surface area contributed by atoms with Gasteiger partial charge >= 0.3 is 0 Å². The number of nitrogens with zero attached hydrogens (tertiary/aromatic N) is 2. The first kappa shape index (κ1) is 13.2. The van der Waals surface area contributed by atoms with Gasteiger partial charge in [-0.25, -0.2) is 0 Å². The summed E-state index contributed by atoms with van der Waals surface area (Å²) in [6.07, 6.45) is 5.48. The van der Waals surface area contributed by atoms with Crippen LogP contribution in [-0.4, -0.2) is 53.8 Å². The molecule has 3 heteroatoms. The number of hydrogen-bond donors (Lipinski definition) is 0. The molecule has 0 aromatic heterocycles. The van der Waals surface area contributed by atoms with E-state index in [1.165, 1.54) is 50.2 Å². The predicted octanol–water partition coefficient (Wildman–Crippen LogP) is 2.87. The maximum atomic E-state index is 2.74. The number of benzene rings is 1. The van der Waals surface area contributed by atoms with Crippen LogP contribution in [0.25, 0.3) is 0 Å². The Morgan fingerprint density at radius 2 is 2.00 bits per heavy atom. The van der Waals surface area contributed by atoms with Crippen LogP contribution < -0.4 is 0 Å². The van der Waals surface area contributed by atoms with Crippen molar-refractivity contribution in [1.29, 1.82) is 0 Å². The lowest BCUT2D eigenvalue weighted by atomic mass is 10.1. The van der Waals surface area contributed by atoms with Crippen molar-refractivity contribution in [2.45, 2.75) is 47.9 Å². The van der Waals surface area contributed by atoms with Gasteiger partial charge in [0, 0.05) is 35.3 Å². The molecule has 0 N–H and O–H groups in total. The lowest BCUT2D eigenvalue weighted by Gasteiger charge is -2.27. The summed E-state index contributed by atoms with van der Waals surface area (Å²) in [5.41, 5.74) is 1.57. The van der Waals surface area contributed by atoms with Crippen LogP contribution in [0.5, 0.6) is 0 Å². The molecule has 3 heterocycles. The third-order valence-electron chi connectivity index (χ3n) is 5.41. The van der Waals surface area contributed by atoms with Crippen molar-refractivity contribution in [3.63, 3.8) is 0 Å². The molecule has 1 aromatic rings. The van der Waals surface area contributed by atoms with E-state index in [9.17, 15) is 0 Å². The molecule has 0 amide bonds. The average Bonchev–Trinajstić information content (AvgIpc) is 2.94. The lowest BCUT2D eigenvalue weighted by molar-refractivity contribution is 0.219. The fourth-order valence-electron chi connectivity index (χ4n) is 4.19. The lowest BCUT2D eigenvalue weighted by Crippen LogP contribution is -2.39. The molecule has 0 radical (unpaired) electrons. The number of fused-ring (bicyclic) bond motifs is 3. The fraction of sp³-hybridized carbons (Fsp3) is 0.647. The Bertz CT molecular complexity index is 465. The largest absolute Gasteiger partial charge is 0.301 e. The predicted molar refractivity (Wildman–Crippen MR) is 85.4 cm³/mol. The van der Waals surface area contributed by atoms with Crippen molar-refractivity contribution in [2.24, 2.45) is 0 Å². The van der Waals surface area contributed by atoms with E-state index >= 15 is 0 Å². The van der Waals surface area contributed by atoms with Crippen molar-refractivity contribution in [3.05, 3.63) is 29.8 Å². The summed E-state index contributed by atoms with van der Waals surface area (Å²) in [5, 5.41) is 0.773. The molecule has 3 atom stereocenters. The molecular formula is C17H24N2S. The van der Waals surface area contributed by atoms with Crippen LogP contribution in [0.2, 0.25) is 0 Å². The number of hydrogen-bond acceptors (Lipinski definition) is 3. The summed E-state index contributed by atoms with van der Waals surface area (Å²) in [6.45, 7) is 3.87. The number of likely N-dealkylation sites (tertiary alicyclic amines) is 1. The zero-order valence-electron chi connectivity index (χ0n) is 12.3. The third kappa shape index (κ3) is 2.40. The van der Waals surface area contributed by atoms with Gasteiger partial charge in [0.25, 0.3) is 0 Å². The average molecular weight is 288 g/mol. The number of likely N-dealkylation sites (N-methyl/N-ethyl adjacent to an activating group) is 1. The molecule has 3 unspecified atom stereocenters. The molecule has 0 spiro atoms. The van der Waals surface area contributed by atoms with E-state index in [0.29, 0.717) is 0 Å². The zero-order valence-corrected chi connectivity index (χ0v) is 13.1. The van der Waals surface area contributed by atoms with Gasteiger partial charge in [0.15, 0.2) is 0 Å². The van der Waals surface area contributed by atoms with Crippen molar-refractivity contribution in [3.8, 4) is 0 Å². The smallest absolute Gasteiger partial charge is 0.0263 e. The first-order valence-electron chi connectivity index (χ1n) is 7.98. The Hall–Kier alpha value is -0.510. The standard InChI is InChI=1S/C17H24N2S/c1-18-14-6-7-15(18)11-19(9-8-14)12-16-10-13-4-2-3-5-17(13)20-16/h2-5,14-16H,6-12H2,1H3. The Kier molecular flexibility index (Phi) is 3.53. The topological polar surface area (TPSA) is 6.48 Å². The minimum Gasteiger partial charge on any atom is -0.301 e. The summed E-state index contributed by atoms with van der Waals surface area (Å²) in [7, 11) is 2.34. The van der Waals surface area contributed by atoms with Crippen LogP contribution in [0.15, 0.2) is 29.2 Å². The van der Waals surface area contributed by atoms with Crippen molar-refractivity contribution < 1.29 is 0 Å². The van der Waals surface area contributed by atoms with Gasteiger partial charge in [0.1, 0.15) is 0 Å². The molecule has 2 saturated heterocycles. The second kappa shape index (κ2) is 5.36. The molecule has 2 fully saturated rings. The Morgan fingerprint density at radius 3 is 2.90 bits per heavy atom. The van der Waals surface area contributed by atoms with E-state index in [0.717, 1.165) is 17.3 Å². The molecular weight excluding hydrogens is 264 g/mol. The first-order valence-corrected chi connectivity index (χ1v) is 8.86. The van der Waals surface area contributed by atoms with Crippen LogP contribution in [0.1, 0.15) is 24.8 Å². The van der Waals surface area contributed by atoms with Crippen LogP contribution in [0.4, 0.5) is 0 Å². The molecule has 3 aliphatic heterocycles. The molecule has 2 nitrogen and oxygen atoms in total. The molecule has 20 heavy (non-hydrogen) atoms. The Balaban J connectivity index is 1.39. The van der Waals surface area contributed by atoms with Gasteiger partial charge in [-0.3, -0.25) is 4.90 Å². The minimum absolute atomic E-state index is 0.773. The molecule has 1 aromatic carbocycles. The van der Waals surface area contributed by atoms with Gasteiger partial charge in [0.2, 0.25) is 0 Å². The van der Waals surface area contributed by atoms with Gasteiger partial charge in [-0.15, -0.1) is 11.8 Å². The maximum Gasteiger partial charge on any atom is 0.0263 e. The molecule has 2 bridgehead atoms. The fourth-order valence-corrected chi connectivity index (χ4v) is 5.56. The minimum atomic E-state index is 0.773. The quantitative estimate of drug-likeness (QED) is 0.826. The third-order valence-corrected chi connectivity index (χ3v) is 6.71. The van der Waals surface area contributed by atoms with Crippen LogP contribution in [0.3, 0.4) is 0 Å². The number of rotatable bonds is 2. The Morgan fingerprint density at radius 1 is 1.15 bits per heavy atom. The highest BCUT2D eigenvalue weighted by atomic mass is 32.2. The van der Waals surface area contributed by atoms with E-state index in [1.807, 2.05) is 0 Å². The maximum absolute atomic E-state index is 2.74. The summed E-state index contributed by atoms with van der Waals surface area (Å²) < 4.78 is 0. The summed E-state index contributed by atoms with van der Waals surface area (Å²) in [4.78, 5) is 6.91. The van der Waals surface area contributed by atoms with Crippen LogP contribution in [-0.2, 0) is 6.42 Å². The summed E-state index contributed by atoms with van der Waals surface area (Å²) in [5.74, 6) is 0. The SMILES string of the molecule is CN1C2CCC1CN(CC1Cc3ccccc3S1)CC2. The monoisotopic (exact) mass is 288 g/mol. The summed E-state index contributed by atoms with van der Waals surface area (Å²) >= 11 is 2.10. The highest BCUT2D eigenvalue weighted by Gasteiger charge is 2.35. The Labute approximate surface area is 126 Å². The molecule has 0 aliphatic carbocycles. The highest BCUT2D eigenvalue weighted by Crippen LogP contribution is 2.37. The van der Waals surface area contributed by atoms with E-state index < -0.39 is 0 Å². The molecule has 108 valence electrons. The highest BCUT2D eigenvalue weighted by molar-refractivity contribution is 8.00. The van der Waals surface area contributed by atoms with Gasteiger partial charge in [0.05, 0.1) is 0 Å². The van der Waals surface area contributed by atoms with Crippen molar-refractivity contribution in [1.82, 2.24) is 9.80 Å². The second-order valence-electron chi connectivity index (χ2n) is 6.65. The van der Waals surface area contributed by atoms with E-state index in [2.05, 4.69) is 52.9 Å².